The van der Waals surface area contributed by atoms with Crippen molar-refractivity contribution in [3.8, 4) is 23.1 Å². The normalized spacial score (nSPS) is 14.5. The summed E-state index contributed by atoms with van der Waals surface area (Å²) < 4.78 is 10.9. The van der Waals surface area contributed by atoms with Gasteiger partial charge >= 0.3 is 0 Å². The van der Waals surface area contributed by atoms with Crippen LogP contribution in [0.5, 0.6) is 5.88 Å². The Morgan fingerprint density at radius 1 is 1.26 bits per heavy atom. The third kappa shape index (κ3) is 4.87. The Labute approximate surface area is 204 Å². The number of aryl methyl sites for hydroxylation is 1. The Balaban J connectivity index is 1.64. The first-order valence-electron chi connectivity index (χ1n) is 11.4. The fraction of sp³-hybridized carbons (Fsp3) is 0.333. The second kappa shape index (κ2) is 9.45. The second-order valence-corrected chi connectivity index (χ2v) is 9.18. The van der Waals surface area contributed by atoms with Gasteiger partial charge in [-0.3, -0.25) is 9.78 Å². The molecular formula is C27H28N4O4. The molecule has 1 amide bonds. The number of nitrogens with one attached hydrogen (secondary N) is 1. The molecule has 1 saturated heterocycles. The highest BCUT2D eigenvalue weighted by atomic mass is 16.5. The molecule has 3 aromatic rings. The molecule has 0 aliphatic carbocycles. The first-order chi connectivity index (χ1) is 16.7. The molecule has 0 atom stereocenters. The van der Waals surface area contributed by atoms with Crippen molar-refractivity contribution < 1.29 is 19.4 Å². The van der Waals surface area contributed by atoms with Gasteiger partial charge < -0.3 is 19.9 Å². The van der Waals surface area contributed by atoms with Gasteiger partial charge in [0, 0.05) is 29.2 Å². The molecule has 8 nitrogen and oxygen atoms in total. The smallest absolute Gasteiger partial charge is 0.255 e. The van der Waals surface area contributed by atoms with Gasteiger partial charge in [-0.25, -0.2) is 4.98 Å². The van der Waals surface area contributed by atoms with Crippen LogP contribution in [0.2, 0.25) is 0 Å². The number of pyridine rings is 2. The van der Waals surface area contributed by atoms with Crippen molar-refractivity contribution >= 4 is 11.6 Å². The van der Waals surface area contributed by atoms with E-state index in [0.29, 0.717) is 35.0 Å². The van der Waals surface area contributed by atoms with Crippen molar-refractivity contribution in [3.63, 3.8) is 0 Å². The lowest BCUT2D eigenvalue weighted by atomic mass is 9.90. The number of rotatable bonds is 7. The molecule has 3 heterocycles. The van der Waals surface area contributed by atoms with Crippen LogP contribution in [0.3, 0.4) is 0 Å². The minimum absolute atomic E-state index is 0.184. The molecule has 2 N–H and O–H groups in total. The van der Waals surface area contributed by atoms with Crippen molar-refractivity contribution in [3.05, 3.63) is 71.2 Å². The highest BCUT2D eigenvalue weighted by Crippen LogP contribution is 2.38. The van der Waals surface area contributed by atoms with E-state index in [4.69, 9.17) is 9.47 Å². The number of hydrogen-bond acceptors (Lipinski definition) is 7. The van der Waals surface area contributed by atoms with E-state index in [9.17, 15) is 15.2 Å². The standard InChI is InChI=1S/C27H28N4O4/c1-5-35-25-22(27(33)15-34-16-27)10-19(13-30-25)21-12-20(7-6-17(21)2)31-24(32)18-8-9-29-23(11-18)26(3,4)14-28/h6-13,33H,5,15-16H2,1-4H3,(H,31,32). The Hall–Kier alpha value is -3.80. The van der Waals surface area contributed by atoms with Crippen molar-refractivity contribution in [2.75, 3.05) is 25.1 Å². The van der Waals surface area contributed by atoms with Crippen LogP contribution in [0, 0.1) is 18.3 Å². The summed E-state index contributed by atoms with van der Waals surface area (Å²) in [5.74, 6) is 0.0848. The van der Waals surface area contributed by atoms with Gasteiger partial charge in [-0.15, -0.1) is 0 Å². The highest BCUT2D eigenvalue weighted by molar-refractivity contribution is 6.04. The van der Waals surface area contributed by atoms with Gasteiger partial charge in [0.1, 0.15) is 5.60 Å². The van der Waals surface area contributed by atoms with Gasteiger partial charge in [0.25, 0.3) is 5.91 Å². The van der Waals surface area contributed by atoms with E-state index in [1.54, 1.807) is 32.2 Å². The number of hydrogen-bond donors (Lipinski definition) is 2. The van der Waals surface area contributed by atoms with Gasteiger partial charge in [-0.2, -0.15) is 5.26 Å². The fourth-order valence-electron chi connectivity index (χ4n) is 3.82. The quantitative estimate of drug-likeness (QED) is 0.531. The summed E-state index contributed by atoms with van der Waals surface area (Å²) in [5, 5.41) is 23.2. The first kappa shape index (κ1) is 24.3. The van der Waals surface area contributed by atoms with E-state index in [1.165, 1.54) is 6.20 Å². The lowest BCUT2D eigenvalue weighted by Gasteiger charge is -2.37. The van der Waals surface area contributed by atoms with E-state index in [-0.39, 0.29) is 19.1 Å². The molecule has 1 aliphatic rings. The van der Waals surface area contributed by atoms with E-state index in [2.05, 4.69) is 21.4 Å². The van der Waals surface area contributed by atoms with Gasteiger partial charge in [-0.1, -0.05) is 6.07 Å². The van der Waals surface area contributed by atoms with Crippen molar-refractivity contribution in [1.82, 2.24) is 9.97 Å². The molecule has 0 bridgehead atoms. The second-order valence-electron chi connectivity index (χ2n) is 9.18. The largest absolute Gasteiger partial charge is 0.478 e. The molecule has 0 radical (unpaired) electrons. The molecular weight excluding hydrogens is 444 g/mol. The Morgan fingerprint density at radius 2 is 2.03 bits per heavy atom. The van der Waals surface area contributed by atoms with E-state index >= 15 is 0 Å². The van der Waals surface area contributed by atoms with Crippen LogP contribution in [-0.4, -0.2) is 40.8 Å². The Kier molecular flexibility index (Phi) is 6.57. The number of ether oxygens (including phenoxy) is 2. The zero-order valence-electron chi connectivity index (χ0n) is 20.3. The molecule has 0 unspecified atom stereocenters. The summed E-state index contributed by atoms with van der Waals surface area (Å²) >= 11 is 0. The number of aliphatic hydroxyl groups is 1. The summed E-state index contributed by atoms with van der Waals surface area (Å²) in [7, 11) is 0. The maximum Gasteiger partial charge on any atom is 0.255 e. The molecule has 4 rings (SSSR count). The minimum atomic E-state index is -1.14. The number of nitriles is 1. The molecule has 0 spiro atoms. The van der Waals surface area contributed by atoms with Crippen LogP contribution in [0.4, 0.5) is 5.69 Å². The average Bonchev–Trinajstić information content (AvgIpc) is 2.84. The van der Waals surface area contributed by atoms with E-state index in [0.717, 1.165) is 16.7 Å². The number of carbonyl (C=O) groups is 1. The number of benzene rings is 1. The molecule has 1 aromatic carbocycles. The summed E-state index contributed by atoms with van der Waals surface area (Å²) in [6, 6.07) is 12.9. The molecule has 1 fully saturated rings. The molecule has 1 aliphatic heterocycles. The van der Waals surface area contributed by atoms with Crippen LogP contribution in [0.15, 0.2) is 48.8 Å². The van der Waals surface area contributed by atoms with Crippen molar-refractivity contribution in [1.29, 1.82) is 5.26 Å². The molecule has 180 valence electrons. The third-order valence-electron chi connectivity index (χ3n) is 6.06. The van der Waals surface area contributed by atoms with Crippen LogP contribution in [0.1, 0.15) is 48.0 Å². The topological polar surface area (TPSA) is 117 Å². The van der Waals surface area contributed by atoms with Gasteiger partial charge in [0.2, 0.25) is 5.88 Å². The SMILES string of the molecule is CCOc1ncc(-c2cc(NC(=O)c3ccnc(C(C)(C)C#N)c3)ccc2C)cc1C1(O)COC1. The minimum Gasteiger partial charge on any atom is -0.478 e. The predicted molar refractivity (Wildman–Crippen MR) is 131 cm³/mol. The lowest BCUT2D eigenvalue weighted by molar-refractivity contribution is -0.185. The van der Waals surface area contributed by atoms with Crippen LogP contribution in [-0.2, 0) is 15.8 Å². The molecule has 0 saturated carbocycles. The van der Waals surface area contributed by atoms with Crippen molar-refractivity contribution in [2.24, 2.45) is 0 Å². The summed E-state index contributed by atoms with van der Waals surface area (Å²) in [5.41, 5.74) is 2.84. The zero-order valence-corrected chi connectivity index (χ0v) is 20.3. The summed E-state index contributed by atoms with van der Waals surface area (Å²) in [6.07, 6.45) is 3.23. The lowest BCUT2D eigenvalue weighted by Crippen LogP contribution is -2.46. The third-order valence-corrected chi connectivity index (χ3v) is 6.06. The number of anilines is 1. The fourth-order valence-corrected chi connectivity index (χ4v) is 3.82. The monoisotopic (exact) mass is 472 g/mol. The maximum absolute atomic E-state index is 13.0. The summed E-state index contributed by atoms with van der Waals surface area (Å²) in [6.45, 7) is 8.15. The molecule has 35 heavy (non-hydrogen) atoms. The number of nitrogens with zero attached hydrogens (tertiary/aromatic N) is 3. The average molecular weight is 473 g/mol. The zero-order chi connectivity index (χ0) is 25.2. The number of carbonyl (C=O) groups excluding carboxylic acids is 1. The van der Waals surface area contributed by atoms with Gasteiger partial charge in [-0.05, 0) is 69.2 Å². The molecule has 2 aromatic heterocycles. The highest BCUT2D eigenvalue weighted by Gasteiger charge is 2.41. The number of amides is 1. The van der Waals surface area contributed by atoms with E-state index in [1.807, 2.05) is 38.1 Å². The summed E-state index contributed by atoms with van der Waals surface area (Å²) in [4.78, 5) is 21.7. The maximum atomic E-state index is 13.0. The van der Waals surface area contributed by atoms with Gasteiger partial charge in [0.15, 0.2) is 0 Å². The van der Waals surface area contributed by atoms with Crippen molar-refractivity contribution in [2.45, 2.75) is 38.7 Å². The van der Waals surface area contributed by atoms with Gasteiger partial charge in [0.05, 0.1) is 42.6 Å². The van der Waals surface area contributed by atoms with E-state index < -0.39 is 11.0 Å². The van der Waals surface area contributed by atoms with Crippen LogP contribution < -0.4 is 10.1 Å². The number of aromatic nitrogens is 2. The Morgan fingerprint density at radius 3 is 2.69 bits per heavy atom. The molecule has 8 heteroatoms. The predicted octanol–water partition coefficient (Wildman–Crippen LogP) is 4.12. The van der Waals surface area contributed by atoms with Crippen LogP contribution >= 0.6 is 0 Å². The first-order valence-corrected chi connectivity index (χ1v) is 11.4. The van der Waals surface area contributed by atoms with Crippen LogP contribution in [0.25, 0.3) is 11.1 Å². The Bertz CT molecular complexity index is 1310.